The van der Waals surface area contributed by atoms with Crippen LogP contribution in [0.3, 0.4) is 0 Å². The standard InChI is InChI=1S/C28H46O9/c1-23(22(34)37-21-20(33)19(32)18(31)17(13-29)36-21)7-5-8-25(3)24(23,2)10-11-27-12-16(6-9-26(25,27)4)28(35,14-27)15-30/h16-21,29-33,35H,5-15H2,1-4H3. The molecule has 5 rings (SSSR count). The van der Waals surface area contributed by atoms with Crippen LogP contribution in [0.15, 0.2) is 0 Å². The molecule has 9 nitrogen and oxygen atoms in total. The number of fused-ring (bicyclic) bond motifs is 3. The van der Waals surface area contributed by atoms with E-state index in [0.717, 1.165) is 44.9 Å². The molecule has 5 fully saturated rings. The molecule has 1 saturated heterocycles. The third-order valence-electron chi connectivity index (χ3n) is 13.1. The number of hydrogen-bond donors (Lipinski definition) is 6. The summed E-state index contributed by atoms with van der Waals surface area (Å²) in [6.45, 7) is 7.99. The van der Waals surface area contributed by atoms with Gasteiger partial charge in [-0.1, -0.05) is 27.2 Å². The fourth-order valence-corrected chi connectivity index (χ4v) is 10.1. The average Bonchev–Trinajstić information content (AvgIpc) is 3.12. The predicted octanol–water partition coefficient (Wildman–Crippen LogP) is 1.25. The summed E-state index contributed by atoms with van der Waals surface area (Å²) in [6, 6.07) is 0. The zero-order valence-electron chi connectivity index (χ0n) is 22.7. The van der Waals surface area contributed by atoms with E-state index in [9.17, 15) is 35.4 Å². The van der Waals surface area contributed by atoms with E-state index < -0.39 is 59.7 Å². The van der Waals surface area contributed by atoms with Crippen molar-refractivity contribution in [3.05, 3.63) is 0 Å². The van der Waals surface area contributed by atoms with Crippen LogP contribution in [0, 0.1) is 33.0 Å². The molecule has 12 unspecified atom stereocenters. The van der Waals surface area contributed by atoms with Crippen molar-refractivity contribution in [1.82, 2.24) is 0 Å². The maximum absolute atomic E-state index is 14.0. The Balaban J connectivity index is 1.47. The summed E-state index contributed by atoms with van der Waals surface area (Å²) >= 11 is 0. The Bertz CT molecular complexity index is 927. The van der Waals surface area contributed by atoms with E-state index in [1.54, 1.807) is 0 Å². The van der Waals surface area contributed by atoms with E-state index in [0.29, 0.717) is 12.8 Å². The lowest BCUT2D eigenvalue weighted by atomic mass is 9.30. The summed E-state index contributed by atoms with van der Waals surface area (Å²) in [5.41, 5.74) is -2.87. The lowest BCUT2D eigenvalue weighted by Crippen LogP contribution is -2.69. The summed E-state index contributed by atoms with van der Waals surface area (Å²) in [4.78, 5) is 14.0. The molecule has 5 aliphatic rings. The van der Waals surface area contributed by atoms with Gasteiger partial charge >= 0.3 is 5.97 Å². The largest absolute Gasteiger partial charge is 0.432 e. The van der Waals surface area contributed by atoms with Crippen molar-refractivity contribution in [2.45, 2.75) is 122 Å². The molecule has 1 spiro atoms. The number of esters is 1. The number of carbonyl (C=O) groups excluding carboxylic acids is 1. The van der Waals surface area contributed by atoms with Gasteiger partial charge in [0, 0.05) is 0 Å². The van der Waals surface area contributed by atoms with E-state index in [2.05, 4.69) is 20.8 Å². The van der Waals surface area contributed by atoms with Crippen LogP contribution in [0.1, 0.15) is 85.5 Å². The maximum atomic E-state index is 14.0. The van der Waals surface area contributed by atoms with Gasteiger partial charge in [0.2, 0.25) is 6.29 Å². The van der Waals surface area contributed by atoms with Gasteiger partial charge in [0.15, 0.2) is 0 Å². The summed E-state index contributed by atoms with van der Waals surface area (Å²) in [5, 5.41) is 61.8. The number of rotatable bonds is 4. The van der Waals surface area contributed by atoms with Gasteiger partial charge < -0.3 is 40.1 Å². The molecule has 0 aromatic carbocycles. The Morgan fingerprint density at radius 3 is 2.24 bits per heavy atom. The Labute approximate surface area is 219 Å². The first kappa shape index (κ1) is 27.7. The molecule has 2 bridgehead atoms. The van der Waals surface area contributed by atoms with Crippen molar-refractivity contribution >= 4 is 5.97 Å². The smallest absolute Gasteiger partial charge is 0.314 e. The zero-order valence-corrected chi connectivity index (χ0v) is 22.7. The van der Waals surface area contributed by atoms with E-state index in [1.165, 1.54) is 0 Å². The van der Waals surface area contributed by atoms with Crippen LogP contribution in [-0.4, -0.2) is 86.1 Å². The average molecular weight is 527 g/mol. The Morgan fingerprint density at radius 1 is 0.892 bits per heavy atom. The van der Waals surface area contributed by atoms with Gasteiger partial charge in [-0.15, -0.1) is 0 Å². The van der Waals surface area contributed by atoms with Gasteiger partial charge in [-0.3, -0.25) is 4.79 Å². The van der Waals surface area contributed by atoms with Crippen molar-refractivity contribution in [2.75, 3.05) is 13.2 Å². The molecular weight excluding hydrogens is 480 g/mol. The summed E-state index contributed by atoms with van der Waals surface area (Å²) < 4.78 is 11.3. The summed E-state index contributed by atoms with van der Waals surface area (Å²) in [5.74, 6) is -0.401. The predicted molar refractivity (Wildman–Crippen MR) is 132 cm³/mol. The Hall–Kier alpha value is -0.810. The first-order valence-corrected chi connectivity index (χ1v) is 14.0. The van der Waals surface area contributed by atoms with Crippen molar-refractivity contribution in [2.24, 2.45) is 33.0 Å². The molecule has 0 amide bonds. The highest BCUT2D eigenvalue weighted by molar-refractivity contribution is 5.78. The van der Waals surface area contributed by atoms with Crippen molar-refractivity contribution in [3.63, 3.8) is 0 Å². The fourth-order valence-electron chi connectivity index (χ4n) is 10.1. The fraction of sp³-hybridized carbons (Fsp3) is 0.964. The molecular formula is C28H46O9. The minimum Gasteiger partial charge on any atom is -0.432 e. The molecule has 0 radical (unpaired) electrons. The van der Waals surface area contributed by atoms with Gasteiger partial charge in [-0.05, 0) is 85.9 Å². The second kappa shape index (κ2) is 8.59. The van der Waals surface area contributed by atoms with Gasteiger partial charge in [0.25, 0.3) is 0 Å². The molecule has 12 atom stereocenters. The monoisotopic (exact) mass is 526 g/mol. The first-order chi connectivity index (χ1) is 17.2. The first-order valence-electron chi connectivity index (χ1n) is 14.0. The Kier molecular flexibility index (Phi) is 6.44. The minimum atomic E-state index is -1.63. The van der Waals surface area contributed by atoms with Gasteiger partial charge in [0.1, 0.15) is 24.4 Å². The molecule has 0 aromatic rings. The van der Waals surface area contributed by atoms with Crippen LogP contribution in [0.5, 0.6) is 0 Å². The van der Waals surface area contributed by atoms with Gasteiger partial charge in [-0.2, -0.15) is 0 Å². The Morgan fingerprint density at radius 2 is 1.59 bits per heavy atom. The van der Waals surface area contributed by atoms with Crippen LogP contribution in [-0.2, 0) is 14.3 Å². The minimum absolute atomic E-state index is 0.0961. The topological polar surface area (TPSA) is 157 Å². The molecule has 1 heterocycles. The van der Waals surface area contributed by atoms with Crippen molar-refractivity contribution < 1.29 is 44.9 Å². The number of ether oxygens (including phenoxy) is 2. The molecule has 4 saturated carbocycles. The third kappa shape index (κ3) is 3.31. The number of aliphatic hydroxyl groups excluding tert-OH is 5. The number of carbonyl (C=O) groups is 1. The molecule has 37 heavy (non-hydrogen) atoms. The van der Waals surface area contributed by atoms with Crippen LogP contribution in [0.4, 0.5) is 0 Å². The summed E-state index contributed by atoms with van der Waals surface area (Å²) in [6.07, 6.45) is -0.102. The third-order valence-corrected chi connectivity index (χ3v) is 13.1. The maximum Gasteiger partial charge on any atom is 0.314 e. The zero-order chi connectivity index (χ0) is 27.2. The van der Waals surface area contributed by atoms with Gasteiger partial charge in [0.05, 0.1) is 24.2 Å². The molecule has 6 N–H and O–H groups in total. The van der Waals surface area contributed by atoms with Crippen molar-refractivity contribution in [1.29, 1.82) is 0 Å². The van der Waals surface area contributed by atoms with E-state index in [1.807, 2.05) is 6.92 Å². The second-order valence-electron chi connectivity index (χ2n) is 13.9. The second-order valence-corrected chi connectivity index (χ2v) is 13.9. The van der Waals surface area contributed by atoms with Crippen LogP contribution < -0.4 is 0 Å². The summed E-state index contributed by atoms with van der Waals surface area (Å²) in [7, 11) is 0. The molecule has 9 heteroatoms. The quantitative estimate of drug-likeness (QED) is 0.297. The highest BCUT2D eigenvalue weighted by Crippen LogP contribution is 2.81. The molecule has 4 aliphatic carbocycles. The van der Waals surface area contributed by atoms with Crippen LogP contribution in [0.25, 0.3) is 0 Å². The molecule has 0 aromatic heterocycles. The lowest BCUT2D eigenvalue weighted by Gasteiger charge is -2.73. The highest BCUT2D eigenvalue weighted by Gasteiger charge is 2.77. The SMILES string of the molecule is CC1(C(=O)OC2OC(CO)C(O)C(O)C2O)CCCC2(C)C3(C)CCC4CC3(CCC12C)CC4(O)CO. The van der Waals surface area contributed by atoms with E-state index in [-0.39, 0.29) is 28.8 Å². The number of aliphatic hydroxyl groups is 6. The number of hydrogen-bond acceptors (Lipinski definition) is 9. The normalized spacial score (nSPS) is 57.4. The van der Waals surface area contributed by atoms with E-state index >= 15 is 0 Å². The van der Waals surface area contributed by atoms with Crippen LogP contribution >= 0.6 is 0 Å². The highest BCUT2D eigenvalue weighted by atomic mass is 16.7. The van der Waals surface area contributed by atoms with E-state index in [4.69, 9.17) is 9.47 Å². The lowest BCUT2D eigenvalue weighted by molar-refractivity contribution is -0.304. The van der Waals surface area contributed by atoms with Crippen LogP contribution in [0.2, 0.25) is 0 Å². The van der Waals surface area contributed by atoms with Gasteiger partial charge in [-0.25, -0.2) is 0 Å². The van der Waals surface area contributed by atoms with Crippen molar-refractivity contribution in [3.8, 4) is 0 Å². The molecule has 212 valence electrons. The molecule has 1 aliphatic heterocycles.